The molecule has 1 aliphatic heterocycles. The summed E-state index contributed by atoms with van der Waals surface area (Å²) in [6.07, 6.45) is 6.04. The van der Waals surface area contributed by atoms with Gasteiger partial charge in [0, 0.05) is 17.8 Å². The second-order valence-electron chi connectivity index (χ2n) is 6.84. The van der Waals surface area contributed by atoms with Gasteiger partial charge in [0.25, 0.3) is 0 Å². The fraction of sp³-hybridized carbons (Fsp3) is 0.474. The zero-order chi connectivity index (χ0) is 19.2. The van der Waals surface area contributed by atoms with Crippen LogP contribution in [0.4, 0.5) is 10.1 Å². The van der Waals surface area contributed by atoms with Gasteiger partial charge in [0.2, 0.25) is 11.8 Å². The van der Waals surface area contributed by atoms with Crippen LogP contribution in [0.5, 0.6) is 0 Å². The van der Waals surface area contributed by atoms with Crippen LogP contribution in [-0.4, -0.2) is 27.9 Å². The van der Waals surface area contributed by atoms with Crippen molar-refractivity contribution in [3.8, 4) is 0 Å². The third-order valence-corrected chi connectivity index (χ3v) is 5.84. The Kier molecular flexibility index (Phi) is 6.60. The topological polar surface area (TPSA) is 82.9 Å². The van der Waals surface area contributed by atoms with E-state index in [9.17, 15) is 14.0 Å². The Morgan fingerprint density at radius 3 is 2.67 bits per heavy atom. The third kappa shape index (κ3) is 5.63. The van der Waals surface area contributed by atoms with Gasteiger partial charge in [-0.05, 0) is 49.9 Å². The van der Waals surface area contributed by atoms with Gasteiger partial charge in [0.1, 0.15) is 11.1 Å². The van der Waals surface area contributed by atoms with Crippen LogP contribution in [0, 0.1) is 11.7 Å². The molecule has 6 nitrogen and oxygen atoms in total. The largest absolute Gasteiger partial charge is 0.326 e. The molecule has 0 bridgehead atoms. The van der Waals surface area contributed by atoms with E-state index >= 15 is 0 Å². The van der Waals surface area contributed by atoms with Crippen molar-refractivity contribution in [3.05, 3.63) is 30.1 Å². The van der Waals surface area contributed by atoms with Gasteiger partial charge in [0.15, 0.2) is 5.17 Å². The Morgan fingerprint density at radius 2 is 1.96 bits per heavy atom. The van der Waals surface area contributed by atoms with Crippen molar-refractivity contribution in [3.63, 3.8) is 0 Å². The second kappa shape index (κ2) is 9.12. The lowest BCUT2D eigenvalue weighted by molar-refractivity contribution is -0.122. The summed E-state index contributed by atoms with van der Waals surface area (Å²) < 4.78 is 12.9. The number of hydrogen-bond donors (Lipinski definition) is 2. The molecule has 0 spiro atoms. The Hall–Kier alpha value is -2.22. The summed E-state index contributed by atoms with van der Waals surface area (Å²) in [4.78, 5) is 24.2. The lowest BCUT2D eigenvalue weighted by Crippen LogP contribution is -2.28. The van der Waals surface area contributed by atoms with Crippen LogP contribution >= 0.6 is 11.8 Å². The molecule has 0 aromatic heterocycles. The number of nitrogens with one attached hydrogen (secondary N) is 2. The van der Waals surface area contributed by atoms with Crippen LogP contribution in [0.2, 0.25) is 0 Å². The highest BCUT2D eigenvalue weighted by Crippen LogP contribution is 2.26. The summed E-state index contributed by atoms with van der Waals surface area (Å²) >= 11 is 1.21. The van der Waals surface area contributed by atoms with E-state index in [-0.39, 0.29) is 24.1 Å². The SMILES string of the molecule is CC(=N/N=C1/NC(=O)C(CC(=O)Nc2ccc(F)cc2)S1)C1CCCCC1. The summed E-state index contributed by atoms with van der Waals surface area (Å²) in [6, 6.07) is 5.49. The number of hydrogen-bond acceptors (Lipinski definition) is 5. The Labute approximate surface area is 162 Å². The first-order chi connectivity index (χ1) is 13.0. The predicted octanol–water partition coefficient (Wildman–Crippen LogP) is 3.70. The molecule has 1 aliphatic carbocycles. The van der Waals surface area contributed by atoms with Crippen molar-refractivity contribution in [1.82, 2.24) is 5.32 Å². The van der Waals surface area contributed by atoms with Crippen molar-refractivity contribution in [2.24, 2.45) is 16.1 Å². The Bertz CT molecular complexity index is 757. The van der Waals surface area contributed by atoms with E-state index in [0.717, 1.165) is 18.6 Å². The highest BCUT2D eigenvalue weighted by molar-refractivity contribution is 8.15. The minimum absolute atomic E-state index is 0.0121. The van der Waals surface area contributed by atoms with E-state index in [4.69, 9.17) is 0 Å². The molecule has 1 atom stereocenters. The lowest BCUT2D eigenvalue weighted by Gasteiger charge is -2.20. The molecule has 2 N–H and O–H groups in total. The van der Waals surface area contributed by atoms with E-state index in [0.29, 0.717) is 16.8 Å². The molecule has 2 amide bonds. The molecule has 1 saturated heterocycles. The number of amides is 2. The molecule has 1 aromatic rings. The van der Waals surface area contributed by atoms with Crippen LogP contribution < -0.4 is 10.6 Å². The maximum absolute atomic E-state index is 12.9. The van der Waals surface area contributed by atoms with Crippen molar-refractivity contribution < 1.29 is 14.0 Å². The van der Waals surface area contributed by atoms with Crippen LogP contribution in [0.25, 0.3) is 0 Å². The van der Waals surface area contributed by atoms with E-state index in [1.165, 1.54) is 55.3 Å². The molecule has 1 saturated carbocycles. The number of benzene rings is 1. The van der Waals surface area contributed by atoms with Gasteiger partial charge in [-0.25, -0.2) is 4.39 Å². The zero-order valence-electron chi connectivity index (χ0n) is 15.2. The van der Waals surface area contributed by atoms with Crippen LogP contribution in [-0.2, 0) is 9.59 Å². The number of carbonyl (C=O) groups excluding carboxylic acids is 2. The van der Waals surface area contributed by atoms with E-state index < -0.39 is 5.25 Å². The molecule has 3 rings (SSSR count). The van der Waals surface area contributed by atoms with Crippen molar-refractivity contribution in [1.29, 1.82) is 0 Å². The maximum atomic E-state index is 12.9. The molecule has 144 valence electrons. The first kappa shape index (κ1) is 19.5. The summed E-state index contributed by atoms with van der Waals surface area (Å²) in [7, 11) is 0. The molecule has 0 radical (unpaired) electrons. The standard InChI is InChI=1S/C19H23FN4O2S/c1-12(13-5-3-2-4-6-13)23-24-19-22-18(26)16(27-19)11-17(25)21-15-9-7-14(20)8-10-15/h7-10,13,16H,2-6,11H2,1H3,(H,21,25)(H,22,24,26). The minimum Gasteiger partial charge on any atom is -0.326 e. The molecule has 1 heterocycles. The van der Waals surface area contributed by atoms with Gasteiger partial charge in [-0.3, -0.25) is 9.59 Å². The van der Waals surface area contributed by atoms with Crippen LogP contribution in [0.3, 0.4) is 0 Å². The van der Waals surface area contributed by atoms with E-state index in [1.54, 1.807) is 0 Å². The minimum atomic E-state index is -0.547. The third-order valence-electron chi connectivity index (χ3n) is 4.77. The molecular weight excluding hydrogens is 367 g/mol. The van der Waals surface area contributed by atoms with Crippen molar-refractivity contribution >= 4 is 40.1 Å². The highest BCUT2D eigenvalue weighted by Gasteiger charge is 2.32. The fourth-order valence-corrected chi connectivity index (χ4v) is 4.14. The van der Waals surface area contributed by atoms with E-state index in [2.05, 4.69) is 20.8 Å². The van der Waals surface area contributed by atoms with Gasteiger partial charge >= 0.3 is 0 Å². The Balaban J connectivity index is 1.53. The normalized spacial score (nSPS) is 22.7. The van der Waals surface area contributed by atoms with Gasteiger partial charge in [-0.15, -0.1) is 5.10 Å². The average Bonchev–Trinajstić information content (AvgIpc) is 3.01. The summed E-state index contributed by atoms with van der Waals surface area (Å²) in [5, 5.41) is 13.7. The first-order valence-electron chi connectivity index (χ1n) is 9.16. The van der Waals surface area contributed by atoms with Crippen LogP contribution in [0.15, 0.2) is 34.5 Å². The number of halogens is 1. The smallest absolute Gasteiger partial charge is 0.240 e. The average molecular weight is 390 g/mol. The highest BCUT2D eigenvalue weighted by atomic mass is 32.2. The lowest BCUT2D eigenvalue weighted by atomic mass is 9.86. The van der Waals surface area contributed by atoms with Gasteiger partial charge in [-0.2, -0.15) is 5.10 Å². The summed E-state index contributed by atoms with van der Waals surface area (Å²) in [6.45, 7) is 1.98. The molecule has 2 aliphatic rings. The van der Waals surface area contributed by atoms with Crippen molar-refractivity contribution in [2.75, 3.05) is 5.32 Å². The monoisotopic (exact) mass is 390 g/mol. The molecule has 8 heteroatoms. The molecule has 2 fully saturated rings. The number of carbonyl (C=O) groups is 2. The van der Waals surface area contributed by atoms with Gasteiger partial charge in [0.05, 0.1) is 0 Å². The maximum Gasteiger partial charge on any atom is 0.240 e. The fourth-order valence-electron chi connectivity index (χ4n) is 3.23. The summed E-state index contributed by atoms with van der Waals surface area (Å²) in [5.41, 5.74) is 1.49. The molecule has 1 unspecified atom stereocenters. The summed E-state index contributed by atoms with van der Waals surface area (Å²) in [5.74, 6) is -0.456. The van der Waals surface area contributed by atoms with Gasteiger partial charge < -0.3 is 10.6 Å². The first-order valence-corrected chi connectivity index (χ1v) is 10.0. The van der Waals surface area contributed by atoms with E-state index in [1.807, 2.05) is 6.92 Å². The molecule has 1 aromatic carbocycles. The number of amidine groups is 1. The number of thioether (sulfide) groups is 1. The van der Waals surface area contributed by atoms with Crippen LogP contribution in [0.1, 0.15) is 45.4 Å². The zero-order valence-corrected chi connectivity index (χ0v) is 16.0. The van der Waals surface area contributed by atoms with Gasteiger partial charge in [-0.1, -0.05) is 31.0 Å². The number of nitrogens with zero attached hydrogens (tertiary/aromatic N) is 2. The predicted molar refractivity (Wildman–Crippen MR) is 106 cm³/mol. The second-order valence-corrected chi connectivity index (χ2v) is 8.03. The van der Waals surface area contributed by atoms with Crippen molar-refractivity contribution in [2.45, 2.75) is 50.7 Å². The number of rotatable bonds is 5. The Morgan fingerprint density at radius 1 is 1.26 bits per heavy atom. The molecular formula is C19H23FN4O2S. The quantitative estimate of drug-likeness (QED) is 0.594. The number of anilines is 1. The molecule has 27 heavy (non-hydrogen) atoms.